The summed E-state index contributed by atoms with van der Waals surface area (Å²) in [7, 11) is 2.23. The lowest BCUT2D eigenvalue weighted by atomic mass is 9.92. The zero-order valence-electron chi connectivity index (χ0n) is 11.8. The van der Waals surface area contributed by atoms with Crippen LogP contribution in [0.15, 0.2) is 0 Å². The minimum absolute atomic E-state index is 0.726. The summed E-state index contributed by atoms with van der Waals surface area (Å²) in [5.74, 6) is 0.756. The van der Waals surface area contributed by atoms with E-state index >= 15 is 0 Å². The van der Waals surface area contributed by atoms with Gasteiger partial charge in [0.2, 0.25) is 0 Å². The molecule has 2 rings (SSSR count). The van der Waals surface area contributed by atoms with E-state index in [2.05, 4.69) is 36.0 Å². The van der Waals surface area contributed by atoms with Crippen LogP contribution >= 0.6 is 0 Å². The lowest BCUT2D eigenvalue weighted by molar-refractivity contribution is 0.0839. The van der Waals surface area contributed by atoms with Crippen molar-refractivity contribution in [2.45, 2.75) is 45.2 Å². The van der Waals surface area contributed by atoms with Crippen LogP contribution in [-0.4, -0.2) is 61.7 Å². The Morgan fingerprint density at radius 3 is 2.24 bits per heavy atom. The standard InChI is InChI=1S/C14H29N3/c1-12(2)14(11-15-13-5-4-6-13)17-9-7-16(3)8-10-17/h12-15H,4-11H2,1-3H3. The lowest BCUT2D eigenvalue weighted by Crippen LogP contribution is -2.55. The molecular formula is C14H29N3. The highest BCUT2D eigenvalue weighted by Gasteiger charge is 2.26. The van der Waals surface area contributed by atoms with Gasteiger partial charge in [0.25, 0.3) is 0 Å². The van der Waals surface area contributed by atoms with Gasteiger partial charge in [0, 0.05) is 44.8 Å². The van der Waals surface area contributed by atoms with E-state index in [1.54, 1.807) is 0 Å². The van der Waals surface area contributed by atoms with E-state index in [1.807, 2.05) is 0 Å². The third-order valence-corrected chi connectivity index (χ3v) is 4.50. The van der Waals surface area contributed by atoms with Crippen LogP contribution < -0.4 is 5.32 Å². The van der Waals surface area contributed by atoms with Gasteiger partial charge in [-0.05, 0) is 25.8 Å². The second-order valence-electron chi connectivity index (χ2n) is 6.19. The average molecular weight is 239 g/mol. The van der Waals surface area contributed by atoms with Gasteiger partial charge in [-0.3, -0.25) is 4.90 Å². The minimum atomic E-state index is 0.726. The maximum Gasteiger partial charge on any atom is 0.0244 e. The number of nitrogens with zero attached hydrogens (tertiary/aromatic N) is 2. The summed E-state index contributed by atoms with van der Waals surface area (Å²) >= 11 is 0. The van der Waals surface area contributed by atoms with E-state index in [9.17, 15) is 0 Å². The average Bonchev–Trinajstić information content (AvgIpc) is 2.23. The van der Waals surface area contributed by atoms with Crippen molar-refractivity contribution in [3.05, 3.63) is 0 Å². The second kappa shape index (κ2) is 6.17. The van der Waals surface area contributed by atoms with Crippen molar-refractivity contribution in [2.24, 2.45) is 5.92 Å². The van der Waals surface area contributed by atoms with Crippen LogP contribution in [0, 0.1) is 5.92 Å². The van der Waals surface area contributed by atoms with Crippen molar-refractivity contribution in [2.75, 3.05) is 39.8 Å². The van der Waals surface area contributed by atoms with Crippen molar-refractivity contribution in [3.8, 4) is 0 Å². The van der Waals surface area contributed by atoms with Gasteiger partial charge < -0.3 is 10.2 Å². The third kappa shape index (κ3) is 3.67. The van der Waals surface area contributed by atoms with E-state index in [4.69, 9.17) is 0 Å². The molecular weight excluding hydrogens is 210 g/mol. The molecule has 1 N–H and O–H groups in total. The molecule has 0 aromatic carbocycles. The summed E-state index contributed by atoms with van der Waals surface area (Å²) in [6, 6.07) is 1.55. The Morgan fingerprint density at radius 2 is 1.76 bits per heavy atom. The van der Waals surface area contributed by atoms with Crippen molar-refractivity contribution < 1.29 is 0 Å². The largest absolute Gasteiger partial charge is 0.312 e. The van der Waals surface area contributed by atoms with Crippen LogP contribution in [0.5, 0.6) is 0 Å². The summed E-state index contributed by atoms with van der Waals surface area (Å²) in [6.45, 7) is 10.9. The summed E-state index contributed by atoms with van der Waals surface area (Å²) in [5.41, 5.74) is 0. The Labute approximate surface area is 107 Å². The Kier molecular flexibility index (Phi) is 4.83. The SMILES string of the molecule is CC(C)C(CNC1CCC1)N1CCN(C)CC1. The van der Waals surface area contributed by atoms with Gasteiger partial charge in [-0.2, -0.15) is 0 Å². The van der Waals surface area contributed by atoms with Gasteiger partial charge in [0.1, 0.15) is 0 Å². The first-order chi connectivity index (χ1) is 8.16. The topological polar surface area (TPSA) is 18.5 Å². The fourth-order valence-electron chi connectivity index (χ4n) is 2.84. The van der Waals surface area contributed by atoms with Gasteiger partial charge in [-0.1, -0.05) is 20.3 Å². The van der Waals surface area contributed by atoms with E-state index in [1.165, 1.54) is 52.0 Å². The molecule has 1 unspecified atom stereocenters. The van der Waals surface area contributed by atoms with Crippen molar-refractivity contribution in [3.63, 3.8) is 0 Å². The number of piperazine rings is 1. The van der Waals surface area contributed by atoms with E-state index in [0.29, 0.717) is 0 Å². The van der Waals surface area contributed by atoms with E-state index in [0.717, 1.165) is 18.0 Å². The molecule has 100 valence electrons. The monoisotopic (exact) mass is 239 g/mol. The van der Waals surface area contributed by atoms with Crippen molar-refractivity contribution in [1.82, 2.24) is 15.1 Å². The molecule has 0 spiro atoms. The molecule has 1 aliphatic heterocycles. The zero-order chi connectivity index (χ0) is 12.3. The van der Waals surface area contributed by atoms with Gasteiger partial charge in [0.05, 0.1) is 0 Å². The van der Waals surface area contributed by atoms with Gasteiger partial charge in [-0.25, -0.2) is 0 Å². The molecule has 2 aliphatic rings. The molecule has 0 aromatic heterocycles. The molecule has 0 bridgehead atoms. The molecule has 1 saturated carbocycles. The summed E-state index contributed by atoms with van der Waals surface area (Å²) in [5, 5.41) is 3.75. The molecule has 3 heteroatoms. The van der Waals surface area contributed by atoms with Crippen LogP contribution in [0.1, 0.15) is 33.1 Å². The molecule has 0 radical (unpaired) electrons. The zero-order valence-corrected chi connectivity index (χ0v) is 11.8. The van der Waals surface area contributed by atoms with Crippen LogP contribution in [0.4, 0.5) is 0 Å². The highest BCUT2D eigenvalue weighted by atomic mass is 15.3. The Bertz CT molecular complexity index is 218. The predicted molar refractivity (Wildman–Crippen MR) is 73.3 cm³/mol. The minimum Gasteiger partial charge on any atom is -0.312 e. The molecule has 1 atom stereocenters. The molecule has 1 saturated heterocycles. The number of hydrogen-bond acceptors (Lipinski definition) is 3. The first-order valence-corrected chi connectivity index (χ1v) is 7.33. The normalized spacial score (nSPS) is 26.1. The smallest absolute Gasteiger partial charge is 0.0244 e. The highest BCUT2D eigenvalue weighted by Crippen LogP contribution is 2.19. The molecule has 1 heterocycles. The maximum absolute atomic E-state index is 3.75. The fourth-order valence-corrected chi connectivity index (χ4v) is 2.84. The number of rotatable bonds is 5. The van der Waals surface area contributed by atoms with Crippen LogP contribution in [0.25, 0.3) is 0 Å². The predicted octanol–water partition coefficient (Wildman–Crippen LogP) is 1.40. The Hall–Kier alpha value is -0.120. The van der Waals surface area contributed by atoms with E-state index in [-0.39, 0.29) is 0 Å². The molecule has 0 aromatic rings. The number of hydrogen-bond donors (Lipinski definition) is 1. The summed E-state index contributed by atoms with van der Waals surface area (Å²) in [4.78, 5) is 5.13. The van der Waals surface area contributed by atoms with Gasteiger partial charge in [0.15, 0.2) is 0 Å². The van der Waals surface area contributed by atoms with E-state index < -0.39 is 0 Å². The first-order valence-electron chi connectivity index (χ1n) is 7.33. The molecule has 17 heavy (non-hydrogen) atoms. The summed E-state index contributed by atoms with van der Waals surface area (Å²) in [6.07, 6.45) is 4.22. The van der Waals surface area contributed by atoms with Gasteiger partial charge in [-0.15, -0.1) is 0 Å². The summed E-state index contributed by atoms with van der Waals surface area (Å²) < 4.78 is 0. The number of nitrogens with one attached hydrogen (secondary N) is 1. The lowest BCUT2D eigenvalue weighted by Gasteiger charge is -2.41. The van der Waals surface area contributed by atoms with Crippen LogP contribution in [0.2, 0.25) is 0 Å². The molecule has 3 nitrogen and oxygen atoms in total. The fraction of sp³-hybridized carbons (Fsp3) is 1.00. The third-order valence-electron chi connectivity index (χ3n) is 4.50. The maximum atomic E-state index is 3.75. The van der Waals surface area contributed by atoms with Crippen LogP contribution in [-0.2, 0) is 0 Å². The van der Waals surface area contributed by atoms with Crippen LogP contribution in [0.3, 0.4) is 0 Å². The molecule has 1 aliphatic carbocycles. The van der Waals surface area contributed by atoms with Gasteiger partial charge >= 0.3 is 0 Å². The first kappa shape index (κ1) is 13.3. The molecule has 2 fully saturated rings. The Balaban J connectivity index is 1.78. The Morgan fingerprint density at radius 1 is 1.12 bits per heavy atom. The van der Waals surface area contributed by atoms with Crippen molar-refractivity contribution >= 4 is 0 Å². The molecule has 0 amide bonds. The van der Waals surface area contributed by atoms with Crippen molar-refractivity contribution in [1.29, 1.82) is 0 Å². The second-order valence-corrected chi connectivity index (χ2v) is 6.19. The quantitative estimate of drug-likeness (QED) is 0.782. The number of likely N-dealkylation sites (N-methyl/N-ethyl adjacent to an activating group) is 1. The highest BCUT2D eigenvalue weighted by molar-refractivity contribution is 4.84.